The first kappa shape index (κ1) is 11.1. The molecule has 2 aliphatic rings. The molecule has 0 radical (unpaired) electrons. The Morgan fingerprint density at radius 1 is 1.35 bits per heavy atom. The summed E-state index contributed by atoms with van der Waals surface area (Å²) in [7, 11) is 0. The summed E-state index contributed by atoms with van der Waals surface area (Å²) >= 11 is 0. The minimum Gasteiger partial charge on any atom is -0.508 e. The number of phenolic OH excluding ortho intramolecular Hbond substituents is 1. The number of likely N-dealkylation sites (tertiary alicyclic amines) is 1. The molecule has 0 aromatic heterocycles. The summed E-state index contributed by atoms with van der Waals surface area (Å²) in [5, 5.41) is 9.93. The maximum absolute atomic E-state index is 9.93. The molecule has 2 heteroatoms. The molecule has 1 aliphatic heterocycles. The highest BCUT2D eigenvalue weighted by molar-refractivity contribution is 5.44. The van der Waals surface area contributed by atoms with E-state index in [0.29, 0.717) is 11.7 Å². The maximum Gasteiger partial charge on any atom is 0.119 e. The number of rotatable bonds is 2. The number of nitrogens with zero attached hydrogens (tertiary/aromatic N) is 1. The zero-order valence-corrected chi connectivity index (χ0v) is 10.5. The molecular weight excluding hydrogens is 210 g/mol. The number of hydrogen-bond donors (Lipinski definition) is 1. The Hall–Kier alpha value is -1.02. The first-order valence-corrected chi connectivity index (χ1v) is 6.86. The van der Waals surface area contributed by atoms with Crippen LogP contribution in [0.5, 0.6) is 5.75 Å². The van der Waals surface area contributed by atoms with Crippen LogP contribution < -0.4 is 0 Å². The van der Waals surface area contributed by atoms with Crippen molar-refractivity contribution < 1.29 is 5.11 Å². The van der Waals surface area contributed by atoms with Gasteiger partial charge in [0.1, 0.15) is 5.75 Å². The van der Waals surface area contributed by atoms with E-state index in [2.05, 4.69) is 17.9 Å². The lowest BCUT2D eigenvalue weighted by molar-refractivity contribution is 0.226. The maximum atomic E-state index is 9.93. The molecule has 2 atom stereocenters. The number of hydrogen-bond acceptors (Lipinski definition) is 2. The Balaban J connectivity index is 1.91. The van der Waals surface area contributed by atoms with Crippen molar-refractivity contribution in [1.82, 2.24) is 4.90 Å². The van der Waals surface area contributed by atoms with Gasteiger partial charge < -0.3 is 5.11 Å². The van der Waals surface area contributed by atoms with Gasteiger partial charge in [0.25, 0.3) is 0 Å². The van der Waals surface area contributed by atoms with Crippen LogP contribution in [0.4, 0.5) is 0 Å². The SMILES string of the molecule is CCCN1CC[C@@H]2c3cccc(O)c3CC[C@@H]21. The smallest absolute Gasteiger partial charge is 0.119 e. The Kier molecular flexibility index (Phi) is 2.83. The molecule has 1 fully saturated rings. The average Bonchev–Trinajstić information content (AvgIpc) is 2.74. The summed E-state index contributed by atoms with van der Waals surface area (Å²) in [4.78, 5) is 2.65. The third kappa shape index (κ3) is 1.75. The van der Waals surface area contributed by atoms with Gasteiger partial charge in [0.05, 0.1) is 0 Å². The molecule has 1 aromatic rings. The molecule has 1 N–H and O–H groups in total. The van der Waals surface area contributed by atoms with Crippen LogP contribution >= 0.6 is 0 Å². The average molecular weight is 231 g/mol. The van der Waals surface area contributed by atoms with Crippen LogP contribution in [-0.4, -0.2) is 29.1 Å². The second-order valence-electron chi connectivity index (χ2n) is 5.38. The van der Waals surface area contributed by atoms with E-state index in [-0.39, 0.29) is 0 Å². The van der Waals surface area contributed by atoms with Gasteiger partial charge in [-0.25, -0.2) is 0 Å². The van der Waals surface area contributed by atoms with E-state index in [4.69, 9.17) is 0 Å². The molecule has 17 heavy (non-hydrogen) atoms. The highest BCUT2D eigenvalue weighted by Crippen LogP contribution is 2.43. The highest BCUT2D eigenvalue weighted by Gasteiger charge is 2.38. The lowest BCUT2D eigenvalue weighted by Gasteiger charge is -2.33. The number of benzene rings is 1. The van der Waals surface area contributed by atoms with Gasteiger partial charge in [-0.3, -0.25) is 4.90 Å². The quantitative estimate of drug-likeness (QED) is 0.846. The zero-order chi connectivity index (χ0) is 11.8. The topological polar surface area (TPSA) is 23.5 Å². The molecule has 0 amide bonds. The first-order valence-electron chi connectivity index (χ1n) is 6.86. The minimum absolute atomic E-state index is 0.509. The Morgan fingerprint density at radius 3 is 3.06 bits per heavy atom. The molecule has 1 aromatic carbocycles. The third-order valence-corrected chi connectivity index (χ3v) is 4.45. The molecule has 0 saturated carbocycles. The summed E-state index contributed by atoms with van der Waals surface area (Å²) < 4.78 is 0. The molecule has 3 rings (SSSR count). The second kappa shape index (κ2) is 4.34. The van der Waals surface area contributed by atoms with Crippen LogP contribution in [0.1, 0.15) is 43.2 Å². The van der Waals surface area contributed by atoms with Gasteiger partial charge in [-0.2, -0.15) is 0 Å². The van der Waals surface area contributed by atoms with Gasteiger partial charge in [0.2, 0.25) is 0 Å². The Morgan fingerprint density at radius 2 is 2.24 bits per heavy atom. The van der Waals surface area contributed by atoms with Crippen LogP contribution in [0.2, 0.25) is 0 Å². The third-order valence-electron chi connectivity index (χ3n) is 4.45. The summed E-state index contributed by atoms with van der Waals surface area (Å²) in [6.45, 7) is 4.73. The normalized spacial score (nSPS) is 27.8. The summed E-state index contributed by atoms with van der Waals surface area (Å²) in [6.07, 6.45) is 4.77. The van der Waals surface area contributed by atoms with E-state index in [1.807, 2.05) is 12.1 Å². The Bertz CT molecular complexity index is 415. The highest BCUT2D eigenvalue weighted by atomic mass is 16.3. The number of aromatic hydroxyl groups is 1. The van der Waals surface area contributed by atoms with Crippen molar-refractivity contribution in [2.45, 2.75) is 44.6 Å². The number of phenols is 1. The van der Waals surface area contributed by atoms with Crippen LogP contribution in [0.3, 0.4) is 0 Å². The van der Waals surface area contributed by atoms with Crippen LogP contribution in [-0.2, 0) is 6.42 Å². The fraction of sp³-hybridized carbons (Fsp3) is 0.600. The lowest BCUT2D eigenvalue weighted by Crippen LogP contribution is -2.35. The lowest BCUT2D eigenvalue weighted by atomic mass is 9.79. The van der Waals surface area contributed by atoms with Crippen molar-refractivity contribution in [3.63, 3.8) is 0 Å². The van der Waals surface area contributed by atoms with Gasteiger partial charge in [-0.1, -0.05) is 19.1 Å². The Labute approximate surface area is 103 Å². The molecule has 2 nitrogen and oxygen atoms in total. The van der Waals surface area contributed by atoms with Crippen LogP contribution in [0, 0.1) is 0 Å². The van der Waals surface area contributed by atoms with E-state index >= 15 is 0 Å². The summed E-state index contributed by atoms with van der Waals surface area (Å²) in [5.74, 6) is 1.17. The predicted molar refractivity (Wildman–Crippen MR) is 69.4 cm³/mol. The van der Waals surface area contributed by atoms with E-state index < -0.39 is 0 Å². The fourth-order valence-electron chi connectivity index (χ4n) is 3.73. The van der Waals surface area contributed by atoms with E-state index in [1.54, 1.807) is 0 Å². The van der Waals surface area contributed by atoms with Crippen molar-refractivity contribution in [3.8, 4) is 5.75 Å². The van der Waals surface area contributed by atoms with Crippen molar-refractivity contribution >= 4 is 0 Å². The van der Waals surface area contributed by atoms with Crippen LogP contribution in [0.25, 0.3) is 0 Å². The van der Waals surface area contributed by atoms with Crippen molar-refractivity contribution in [2.75, 3.05) is 13.1 Å². The van der Waals surface area contributed by atoms with Crippen molar-refractivity contribution in [2.24, 2.45) is 0 Å². The fourth-order valence-corrected chi connectivity index (χ4v) is 3.73. The van der Waals surface area contributed by atoms with Gasteiger partial charge in [-0.05, 0) is 56.0 Å². The molecule has 0 spiro atoms. The summed E-state index contributed by atoms with van der Waals surface area (Å²) in [5.41, 5.74) is 2.63. The molecule has 1 heterocycles. The van der Waals surface area contributed by atoms with Gasteiger partial charge in [0, 0.05) is 12.0 Å². The van der Waals surface area contributed by atoms with E-state index in [1.165, 1.54) is 43.5 Å². The summed E-state index contributed by atoms with van der Waals surface area (Å²) in [6, 6.07) is 6.78. The standard InChI is InChI=1S/C15H21NO/c1-2-9-16-10-8-12-11-4-3-5-15(17)13(11)6-7-14(12)16/h3-5,12,14,17H,2,6-10H2,1H3/t12-,14+/m1/s1. The first-order chi connectivity index (χ1) is 8.31. The molecule has 0 bridgehead atoms. The molecule has 1 saturated heterocycles. The van der Waals surface area contributed by atoms with Gasteiger partial charge >= 0.3 is 0 Å². The van der Waals surface area contributed by atoms with Crippen LogP contribution in [0.15, 0.2) is 18.2 Å². The van der Waals surface area contributed by atoms with Crippen molar-refractivity contribution in [3.05, 3.63) is 29.3 Å². The molecule has 1 aliphatic carbocycles. The number of fused-ring (bicyclic) bond motifs is 3. The molecular formula is C15H21NO. The van der Waals surface area contributed by atoms with E-state index in [9.17, 15) is 5.11 Å². The predicted octanol–water partition coefficient (Wildman–Crippen LogP) is 2.91. The van der Waals surface area contributed by atoms with Gasteiger partial charge in [0.15, 0.2) is 0 Å². The monoisotopic (exact) mass is 231 g/mol. The second-order valence-corrected chi connectivity index (χ2v) is 5.38. The minimum atomic E-state index is 0.509. The zero-order valence-electron chi connectivity index (χ0n) is 10.5. The molecule has 0 unspecified atom stereocenters. The molecule has 92 valence electrons. The largest absolute Gasteiger partial charge is 0.508 e. The van der Waals surface area contributed by atoms with Gasteiger partial charge in [-0.15, -0.1) is 0 Å². The van der Waals surface area contributed by atoms with Crippen molar-refractivity contribution in [1.29, 1.82) is 0 Å². The van der Waals surface area contributed by atoms with E-state index in [0.717, 1.165) is 12.5 Å².